The van der Waals surface area contributed by atoms with Crippen LogP contribution in [0.3, 0.4) is 0 Å². The van der Waals surface area contributed by atoms with Crippen LogP contribution in [0.2, 0.25) is 0 Å². The molecule has 6 nitrogen and oxygen atoms in total. The maximum absolute atomic E-state index is 11.9. The molecule has 2 heterocycles. The Hall–Kier alpha value is -0.920. The van der Waals surface area contributed by atoms with Gasteiger partial charge in [-0.3, -0.25) is 5.10 Å². The number of nitrogens with one attached hydrogen (secondary N) is 2. The monoisotopic (exact) mass is 258 g/mol. The van der Waals surface area contributed by atoms with Crippen LogP contribution in [0.15, 0.2) is 17.3 Å². The van der Waals surface area contributed by atoms with E-state index in [1.807, 2.05) is 6.92 Å². The topological polar surface area (TPSA) is 78.1 Å². The summed E-state index contributed by atoms with van der Waals surface area (Å²) in [6, 6.07) is 1.35. The Morgan fingerprint density at radius 2 is 2.24 bits per heavy atom. The number of hydrogen-bond acceptors (Lipinski definition) is 4. The third-order valence-electron chi connectivity index (χ3n) is 2.85. The zero-order valence-corrected chi connectivity index (χ0v) is 10.7. The molecule has 1 atom stereocenters. The Bertz CT molecular complexity index is 437. The van der Waals surface area contributed by atoms with Crippen molar-refractivity contribution in [2.24, 2.45) is 0 Å². The molecule has 1 fully saturated rings. The predicted molar refractivity (Wildman–Crippen MR) is 64.0 cm³/mol. The van der Waals surface area contributed by atoms with Crippen molar-refractivity contribution in [2.45, 2.75) is 30.8 Å². The van der Waals surface area contributed by atoms with Crippen LogP contribution in [0.5, 0.6) is 0 Å². The lowest BCUT2D eigenvalue weighted by molar-refractivity contribution is 0.312. The number of aromatic nitrogens is 2. The Balaban J connectivity index is 1.91. The fraction of sp³-hybridized carbons (Fsp3) is 0.700. The molecule has 7 heteroatoms. The lowest BCUT2D eigenvalue weighted by Gasteiger charge is -2.20. The van der Waals surface area contributed by atoms with Gasteiger partial charge in [-0.15, -0.1) is 0 Å². The van der Waals surface area contributed by atoms with Gasteiger partial charge in [0.2, 0.25) is 0 Å². The van der Waals surface area contributed by atoms with Gasteiger partial charge in [0.05, 0.1) is 6.20 Å². The normalized spacial score (nSPS) is 19.6. The van der Waals surface area contributed by atoms with Gasteiger partial charge in [-0.05, 0) is 38.9 Å². The predicted octanol–water partition coefficient (Wildman–Crippen LogP) is 0.172. The molecule has 1 aliphatic heterocycles. The highest BCUT2D eigenvalue weighted by Gasteiger charge is 2.21. The largest absolute Gasteiger partial charge is 0.302 e. The number of aromatic amines is 1. The molecule has 2 N–H and O–H groups in total. The highest BCUT2D eigenvalue weighted by molar-refractivity contribution is 7.89. The first-order valence-corrected chi connectivity index (χ1v) is 7.30. The Labute approximate surface area is 101 Å². The van der Waals surface area contributed by atoms with E-state index in [4.69, 9.17) is 0 Å². The second-order valence-electron chi connectivity index (χ2n) is 4.45. The van der Waals surface area contributed by atoms with E-state index in [0.29, 0.717) is 0 Å². The van der Waals surface area contributed by atoms with Gasteiger partial charge in [0.1, 0.15) is 0 Å². The summed E-state index contributed by atoms with van der Waals surface area (Å²) in [5.41, 5.74) is 0. The average Bonchev–Trinajstić information content (AvgIpc) is 2.87. The molecule has 0 spiro atoms. The summed E-state index contributed by atoms with van der Waals surface area (Å²) < 4.78 is 26.4. The number of H-pyrrole nitrogens is 1. The lowest BCUT2D eigenvalue weighted by atomic mass is 10.3. The molecule has 2 rings (SSSR count). The van der Waals surface area contributed by atoms with Gasteiger partial charge in [-0.1, -0.05) is 0 Å². The van der Waals surface area contributed by atoms with Crippen LogP contribution >= 0.6 is 0 Å². The van der Waals surface area contributed by atoms with Gasteiger partial charge in [0.15, 0.2) is 5.03 Å². The summed E-state index contributed by atoms with van der Waals surface area (Å²) in [6.07, 6.45) is 3.85. The van der Waals surface area contributed by atoms with E-state index in [9.17, 15) is 8.42 Å². The molecule has 0 radical (unpaired) electrons. The smallest absolute Gasteiger partial charge is 0.257 e. The zero-order valence-electron chi connectivity index (χ0n) is 9.89. The summed E-state index contributed by atoms with van der Waals surface area (Å²) in [4.78, 5) is 2.28. The standard InChI is InChI=1S/C10H18N4O2S/c1-9(8-14-6-2-3-7-14)13-17(15,16)10-4-5-11-12-10/h4-5,9,13H,2-3,6-8H2,1H3,(H,11,12). The molecular weight excluding hydrogens is 240 g/mol. The van der Waals surface area contributed by atoms with Crippen molar-refractivity contribution >= 4 is 10.0 Å². The van der Waals surface area contributed by atoms with Gasteiger partial charge in [0, 0.05) is 12.6 Å². The zero-order chi connectivity index (χ0) is 12.3. The molecule has 1 aromatic rings. The first-order chi connectivity index (χ1) is 8.08. The molecule has 0 saturated carbocycles. The van der Waals surface area contributed by atoms with Crippen LogP contribution in [0.4, 0.5) is 0 Å². The van der Waals surface area contributed by atoms with Gasteiger partial charge in [0.25, 0.3) is 10.0 Å². The lowest BCUT2D eigenvalue weighted by Crippen LogP contribution is -2.41. The SMILES string of the molecule is CC(CN1CCCC1)NS(=O)(=O)c1ccn[nH]1. The molecule has 0 aromatic carbocycles. The highest BCUT2D eigenvalue weighted by atomic mass is 32.2. The summed E-state index contributed by atoms with van der Waals surface area (Å²) >= 11 is 0. The molecule has 1 aromatic heterocycles. The molecule has 0 amide bonds. The highest BCUT2D eigenvalue weighted by Crippen LogP contribution is 2.09. The third kappa shape index (κ3) is 3.27. The van der Waals surface area contributed by atoms with E-state index < -0.39 is 10.0 Å². The van der Waals surface area contributed by atoms with Gasteiger partial charge in [-0.25, -0.2) is 13.1 Å². The summed E-state index contributed by atoms with van der Waals surface area (Å²) in [7, 11) is -3.45. The minimum Gasteiger partial charge on any atom is -0.302 e. The maximum atomic E-state index is 11.9. The minimum absolute atomic E-state index is 0.0959. The van der Waals surface area contributed by atoms with E-state index >= 15 is 0 Å². The van der Waals surface area contributed by atoms with Crippen molar-refractivity contribution in [2.75, 3.05) is 19.6 Å². The van der Waals surface area contributed by atoms with E-state index in [1.54, 1.807) is 0 Å². The number of hydrogen-bond donors (Lipinski definition) is 2. The summed E-state index contributed by atoms with van der Waals surface area (Å²) in [6.45, 7) is 4.77. The molecule has 1 unspecified atom stereocenters. The molecule has 1 aliphatic rings. The van der Waals surface area contributed by atoms with Crippen LogP contribution in [-0.2, 0) is 10.0 Å². The number of rotatable bonds is 5. The fourth-order valence-corrected chi connectivity index (χ4v) is 3.26. The van der Waals surface area contributed by atoms with Crippen molar-refractivity contribution in [1.29, 1.82) is 0 Å². The van der Waals surface area contributed by atoms with Crippen molar-refractivity contribution in [3.05, 3.63) is 12.3 Å². The molecule has 0 aliphatic carbocycles. The van der Waals surface area contributed by atoms with Gasteiger partial charge < -0.3 is 4.90 Å². The molecule has 96 valence electrons. The Morgan fingerprint density at radius 1 is 1.53 bits per heavy atom. The van der Waals surface area contributed by atoms with Crippen molar-refractivity contribution in [3.63, 3.8) is 0 Å². The van der Waals surface area contributed by atoms with Gasteiger partial charge in [-0.2, -0.15) is 5.10 Å². The van der Waals surface area contributed by atoms with E-state index in [-0.39, 0.29) is 11.1 Å². The Kier molecular flexibility index (Phi) is 3.80. The van der Waals surface area contributed by atoms with Gasteiger partial charge >= 0.3 is 0 Å². The first-order valence-electron chi connectivity index (χ1n) is 5.82. The second-order valence-corrected chi connectivity index (χ2v) is 6.13. The van der Waals surface area contributed by atoms with Crippen LogP contribution in [0.1, 0.15) is 19.8 Å². The van der Waals surface area contributed by atoms with E-state index in [0.717, 1.165) is 19.6 Å². The average molecular weight is 258 g/mol. The van der Waals surface area contributed by atoms with Crippen LogP contribution < -0.4 is 4.72 Å². The van der Waals surface area contributed by atoms with Crippen molar-refractivity contribution in [1.82, 2.24) is 19.8 Å². The minimum atomic E-state index is -3.45. The second kappa shape index (κ2) is 5.16. The van der Waals surface area contributed by atoms with Crippen LogP contribution in [0, 0.1) is 0 Å². The molecular formula is C10H18N4O2S. The van der Waals surface area contributed by atoms with E-state index in [1.165, 1.54) is 25.1 Å². The third-order valence-corrected chi connectivity index (χ3v) is 4.37. The first kappa shape index (κ1) is 12.5. The fourth-order valence-electron chi connectivity index (χ4n) is 2.11. The van der Waals surface area contributed by atoms with E-state index in [2.05, 4.69) is 19.8 Å². The molecule has 0 bridgehead atoms. The number of nitrogens with zero attached hydrogens (tertiary/aromatic N) is 2. The van der Waals surface area contributed by atoms with Crippen LogP contribution in [-0.4, -0.2) is 49.2 Å². The van der Waals surface area contributed by atoms with Crippen molar-refractivity contribution < 1.29 is 8.42 Å². The van der Waals surface area contributed by atoms with Crippen LogP contribution in [0.25, 0.3) is 0 Å². The maximum Gasteiger partial charge on any atom is 0.257 e. The number of sulfonamides is 1. The summed E-state index contributed by atoms with van der Waals surface area (Å²) in [5.74, 6) is 0. The quantitative estimate of drug-likeness (QED) is 0.789. The van der Waals surface area contributed by atoms with Crippen molar-refractivity contribution in [3.8, 4) is 0 Å². The summed E-state index contributed by atoms with van der Waals surface area (Å²) in [5, 5.41) is 6.22. The molecule has 17 heavy (non-hydrogen) atoms. The number of likely N-dealkylation sites (tertiary alicyclic amines) is 1. The molecule has 1 saturated heterocycles. The Morgan fingerprint density at radius 3 is 2.82 bits per heavy atom.